The van der Waals surface area contributed by atoms with E-state index in [-0.39, 0.29) is 29.6 Å². The maximum atomic E-state index is 14.1. The van der Waals surface area contributed by atoms with E-state index in [1.54, 1.807) is 50.1 Å². The summed E-state index contributed by atoms with van der Waals surface area (Å²) in [5.74, 6) is 0.306. The summed E-state index contributed by atoms with van der Waals surface area (Å²) in [5.41, 5.74) is 2.69. The summed E-state index contributed by atoms with van der Waals surface area (Å²) < 4.78 is 51.1. The maximum absolute atomic E-state index is 14.1. The third kappa shape index (κ3) is 5.46. The van der Waals surface area contributed by atoms with Crippen molar-refractivity contribution in [1.82, 2.24) is 18.7 Å². The van der Waals surface area contributed by atoms with Crippen LogP contribution in [-0.4, -0.2) is 72.8 Å². The van der Waals surface area contributed by atoms with Gasteiger partial charge < -0.3 is 14.2 Å². The molecule has 1 aromatic heterocycles. The summed E-state index contributed by atoms with van der Waals surface area (Å²) >= 11 is 0. The predicted molar refractivity (Wildman–Crippen MR) is 146 cm³/mol. The number of hydrogen-bond acceptors (Lipinski definition) is 5. The molecule has 0 saturated carbocycles. The Morgan fingerprint density at radius 2 is 1.67 bits per heavy atom. The van der Waals surface area contributed by atoms with Crippen molar-refractivity contribution in [2.24, 2.45) is 0 Å². The van der Waals surface area contributed by atoms with Crippen LogP contribution < -0.4 is 4.74 Å². The fourth-order valence-corrected chi connectivity index (χ4v) is 7.81. The van der Waals surface area contributed by atoms with Crippen LogP contribution >= 0.6 is 0 Å². The number of hydrogen-bond donors (Lipinski definition) is 0. The molecule has 2 aromatic carbocycles. The van der Waals surface area contributed by atoms with Crippen LogP contribution in [0.25, 0.3) is 0 Å². The van der Waals surface area contributed by atoms with Gasteiger partial charge in [-0.2, -0.15) is 4.31 Å². The van der Waals surface area contributed by atoms with Crippen molar-refractivity contribution in [2.45, 2.75) is 44.3 Å². The van der Waals surface area contributed by atoms with E-state index in [0.29, 0.717) is 61.7 Å². The standard InChI is InChI=1S/C29H35FN4O4S/c1-21-17-24(38-3)18-22(2)29(21)39(36,37)34-16-15-32-10-6-9-26(32)27(34)19-28(35)33-13-11-31(12-14-33)20-23-7-4-5-8-25(23)30/h4-10,17-18,27H,11-16,19-20H2,1-3H3. The molecule has 208 valence electrons. The molecule has 39 heavy (non-hydrogen) atoms. The Bertz CT molecular complexity index is 1440. The lowest BCUT2D eigenvalue weighted by Crippen LogP contribution is -2.50. The molecule has 8 nitrogen and oxygen atoms in total. The first-order valence-corrected chi connectivity index (χ1v) is 14.7. The van der Waals surface area contributed by atoms with Gasteiger partial charge in [0.05, 0.1) is 18.0 Å². The predicted octanol–water partition coefficient (Wildman–Crippen LogP) is 3.73. The molecule has 2 aliphatic heterocycles. The zero-order valence-electron chi connectivity index (χ0n) is 22.6. The average molecular weight is 555 g/mol. The molecule has 0 bridgehead atoms. The smallest absolute Gasteiger partial charge is 0.244 e. The van der Waals surface area contributed by atoms with Crippen molar-refractivity contribution in [2.75, 3.05) is 39.8 Å². The summed E-state index contributed by atoms with van der Waals surface area (Å²) in [7, 11) is -2.33. The molecule has 1 fully saturated rings. The second-order valence-electron chi connectivity index (χ2n) is 10.3. The van der Waals surface area contributed by atoms with Gasteiger partial charge in [0.2, 0.25) is 15.9 Å². The Hall–Kier alpha value is -3.21. The molecule has 0 radical (unpaired) electrons. The SMILES string of the molecule is COc1cc(C)c(S(=O)(=O)N2CCn3cccc3C2CC(=O)N2CCN(Cc3ccccc3F)CC2)c(C)c1. The Balaban J connectivity index is 1.34. The minimum absolute atomic E-state index is 0.0603. The van der Waals surface area contributed by atoms with Crippen LogP contribution in [0.5, 0.6) is 5.75 Å². The molecule has 2 aliphatic rings. The number of ether oxygens (including phenoxy) is 1. The molecule has 10 heteroatoms. The molecule has 0 spiro atoms. The lowest BCUT2D eigenvalue weighted by molar-refractivity contribution is -0.134. The Labute approximate surface area is 229 Å². The van der Waals surface area contributed by atoms with Crippen molar-refractivity contribution in [1.29, 1.82) is 0 Å². The molecular formula is C29H35FN4O4S. The molecule has 0 aliphatic carbocycles. The maximum Gasteiger partial charge on any atom is 0.244 e. The molecule has 3 heterocycles. The minimum atomic E-state index is -3.89. The zero-order chi connectivity index (χ0) is 27.7. The number of aryl methyl sites for hydroxylation is 2. The van der Waals surface area contributed by atoms with Gasteiger partial charge in [0.1, 0.15) is 11.6 Å². The summed E-state index contributed by atoms with van der Waals surface area (Å²) in [5, 5.41) is 0. The van der Waals surface area contributed by atoms with Crippen LogP contribution in [0.1, 0.15) is 34.8 Å². The van der Waals surface area contributed by atoms with E-state index >= 15 is 0 Å². The summed E-state index contributed by atoms with van der Waals surface area (Å²) in [4.78, 5) is 17.7. The number of fused-ring (bicyclic) bond motifs is 1. The first kappa shape index (κ1) is 27.4. The molecule has 1 saturated heterocycles. The number of carbonyl (C=O) groups is 1. The Kier molecular flexibility index (Phi) is 7.80. The molecule has 1 amide bonds. The van der Waals surface area contributed by atoms with Gasteiger partial charge in [-0.3, -0.25) is 9.69 Å². The van der Waals surface area contributed by atoms with Crippen molar-refractivity contribution < 1.29 is 22.3 Å². The summed E-state index contributed by atoms with van der Waals surface area (Å²) in [6.07, 6.45) is 1.99. The molecule has 5 rings (SSSR count). The molecular weight excluding hydrogens is 519 g/mol. The van der Waals surface area contributed by atoms with Gasteiger partial charge in [-0.05, 0) is 55.3 Å². The van der Waals surface area contributed by atoms with Crippen LogP contribution in [0, 0.1) is 19.7 Å². The Morgan fingerprint density at radius 3 is 2.33 bits per heavy atom. The topological polar surface area (TPSA) is 75.1 Å². The highest BCUT2D eigenvalue weighted by Gasteiger charge is 2.40. The van der Waals surface area contributed by atoms with Crippen LogP contribution in [0.2, 0.25) is 0 Å². The largest absolute Gasteiger partial charge is 0.497 e. The molecule has 3 aromatic rings. The van der Waals surface area contributed by atoms with E-state index in [9.17, 15) is 17.6 Å². The lowest BCUT2D eigenvalue weighted by atomic mass is 10.1. The number of carbonyl (C=O) groups excluding carboxylic acids is 1. The number of aromatic nitrogens is 1. The van der Waals surface area contributed by atoms with Gasteiger partial charge in [-0.1, -0.05) is 18.2 Å². The fraction of sp³-hybridized carbons (Fsp3) is 0.414. The number of benzene rings is 2. The zero-order valence-corrected chi connectivity index (χ0v) is 23.5. The Morgan fingerprint density at radius 1 is 0.974 bits per heavy atom. The van der Waals surface area contributed by atoms with Crippen molar-refractivity contribution >= 4 is 15.9 Å². The monoisotopic (exact) mass is 554 g/mol. The first-order chi connectivity index (χ1) is 18.7. The highest BCUT2D eigenvalue weighted by Crippen LogP contribution is 2.37. The van der Waals surface area contributed by atoms with Gasteiger partial charge in [0.15, 0.2) is 0 Å². The highest BCUT2D eigenvalue weighted by molar-refractivity contribution is 7.89. The summed E-state index contributed by atoms with van der Waals surface area (Å²) in [6, 6.07) is 13.4. The van der Waals surface area contributed by atoms with Gasteiger partial charge in [0.25, 0.3) is 0 Å². The van der Waals surface area contributed by atoms with E-state index in [1.165, 1.54) is 10.4 Å². The quantitative estimate of drug-likeness (QED) is 0.445. The molecule has 0 N–H and O–H groups in total. The average Bonchev–Trinajstić information content (AvgIpc) is 3.39. The lowest BCUT2D eigenvalue weighted by Gasteiger charge is -2.39. The molecule has 1 atom stereocenters. The number of amides is 1. The number of rotatable bonds is 7. The number of sulfonamides is 1. The van der Waals surface area contributed by atoms with Crippen molar-refractivity contribution in [3.8, 4) is 5.75 Å². The number of methoxy groups -OCH3 is 1. The fourth-order valence-electron chi connectivity index (χ4n) is 5.81. The van der Waals surface area contributed by atoms with Gasteiger partial charge in [0, 0.05) is 69.7 Å². The van der Waals surface area contributed by atoms with E-state index in [0.717, 1.165) is 5.69 Å². The number of halogens is 1. The second kappa shape index (κ2) is 11.1. The first-order valence-electron chi connectivity index (χ1n) is 13.2. The third-order valence-corrected chi connectivity index (χ3v) is 10.0. The van der Waals surface area contributed by atoms with E-state index in [2.05, 4.69) is 4.90 Å². The van der Waals surface area contributed by atoms with E-state index in [4.69, 9.17) is 4.74 Å². The van der Waals surface area contributed by atoms with Gasteiger partial charge >= 0.3 is 0 Å². The van der Waals surface area contributed by atoms with Crippen molar-refractivity contribution in [3.05, 3.63) is 82.9 Å². The van der Waals surface area contributed by atoms with Crippen LogP contribution in [0.3, 0.4) is 0 Å². The van der Waals surface area contributed by atoms with Crippen molar-refractivity contribution in [3.63, 3.8) is 0 Å². The number of piperazine rings is 1. The van der Waals surface area contributed by atoms with Crippen LogP contribution in [0.15, 0.2) is 59.6 Å². The normalized spacial score (nSPS) is 18.7. The molecule has 1 unspecified atom stereocenters. The van der Waals surface area contributed by atoms with Crippen LogP contribution in [-0.2, 0) is 27.9 Å². The second-order valence-corrected chi connectivity index (χ2v) is 12.1. The van der Waals surface area contributed by atoms with Crippen LogP contribution in [0.4, 0.5) is 4.39 Å². The van der Waals surface area contributed by atoms with E-state index < -0.39 is 16.1 Å². The van der Waals surface area contributed by atoms with E-state index in [1.807, 2.05) is 29.0 Å². The minimum Gasteiger partial charge on any atom is -0.497 e. The third-order valence-electron chi connectivity index (χ3n) is 7.80. The summed E-state index contributed by atoms with van der Waals surface area (Å²) in [6.45, 7) is 7.15. The number of nitrogens with zero attached hydrogens (tertiary/aromatic N) is 4. The van der Waals surface area contributed by atoms with Gasteiger partial charge in [-0.15, -0.1) is 0 Å². The highest BCUT2D eigenvalue weighted by atomic mass is 32.2. The van der Waals surface area contributed by atoms with Gasteiger partial charge in [-0.25, -0.2) is 12.8 Å².